The quantitative estimate of drug-likeness (QED) is 0.787. The molecule has 0 spiro atoms. The molecule has 17 heavy (non-hydrogen) atoms. The lowest BCUT2D eigenvalue weighted by molar-refractivity contribution is 0.317. The van der Waals surface area contributed by atoms with Crippen LogP contribution in [0.3, 0.4) is 0 Å². The molecule has 0 heterocycles. The molecule has 2 rings (SSSR count). The lowest BCUT2D eigenvalue weighted by Crippen LogP contribution is -2.30. The third kappa shape index (κ3) is 4.23. The fourth-order valence-electron chi connectivity index (χ4n) is 1.43. The van der Waals surface area contributed by atoms with Gasteiger partial charge in [-0.25, -0.2) is 0 Å². The van der Waals surface area contributed by atoms with Crippen molar-refractivity contribution < 1.29 is 4.74 Å². The van der Waals surface area contributed by atoms with Gasteiger partial charge in [0, 0.05) is 11.7 Å². The van der Waals surface area contributed by atoms with Crippen LogP contribution < -0.4 is 15.4 Å². The van der Waals surface area contributed by atoms with Crippen molar-refractivity contribution in [2.75, 3.05) is 11.9 Å². The first kappa shape index (κ1) is 12.2. The molecule has 0 aromatic heterocycles. The number of benzene rings is 1. The van der Waals surface area contributed by atoms with E-state index in [0.29, 0.717) is 11.2 Å². The van der Waals surface area contributed by atoms with Crippen LogP contribution in [0.25, 0.3) is 0 Å². The fourth-order valence-corrected chi connectivity index (χ4v) is 1.72. The Morgan fingerprint density at radius 3 is 2.65 bits per heavy atom. The Morgan fingerprint density at radius 2 is 2.06 bits per heavy atom. The average molecular weight is 250 g/mol. The van der Waals surface area contributed by atoms with Gasteiger partial charge in [0.1, 0.15) is 5.75 Å². The highest BCUT2D eigenvalue weighted by atomic mass is 32.1. The summed E-state index contributed by atoms with van der Waals surface area (Å²) in [4.78, 5) is 0. The minimum atomic E-state index is 0.585. The minimum Gasteiger partial charge on any atom is -0.494 e. The standard InChI is InChI=1S/C13H18N2OS/c1-2-9-16-12-7-5-11(6-8-12)15-13(17)14-10-3-4-10/h5-8,10H,2-4,9H2,1H3,(H2,14,15,17). The molecule has 1 aliphatic carbocycles. The summed E-state index contributed by atoms with van der Waals surface area (Å²) in [5.41, 5.74) is 0.993. The Bertz CT molecular complexity index is 374. The van der Waals surface area contributed by atoms with Gasteiger partial charge < -0.3 is 15.4 Å². The predicted molar refractivity (Wildman–Crippen MR) is 74.6 cm³/mol. The Balaban J connectivity index is 1.81. The SMILES string of the molecule is CCCOc1ccc(NC(=S)NC2CC2)cc1. The van der Waals surface area contributed by atoms with Gasteiger partial charge in [-0.2, -0.15) is 0 Å². The maximum atomic E-state index is 5.51. The number of ether oxygens (including phenoxy) is 1. The summed E-state index contributed by atoms with van der Waals surface area (Å²) in [5, 5.41) is 7.11. The van der Waals surface area contributed by atoms with Gasteiger partial charge in [-0.05, 0) is 55.7 Å². The van der Waals surface area contributed by atoms with Crippen LogP contribution >= 0.6 is 12.2 Å². The third-order valence-corrected chi connectivity index (χ3v) is 2.72. The van der Waals surface area contributed by atoms with Gasteiger partial charge in [-0.1, -0.05) is 6.92 Å². The number of rotatable bonds is 5. The normalized spacial score (nSPS) is 14.2. The molecule has 0 saturated heterocycles. The van der Waals surface area contributed by atoms with Gasteiger partial charge in [0.25, 0.3) is 0 Å². The third-order valence-electron chi connectivity index (χ3n) is 2.50. The van der Waals surface area contributed by atoms with Crippen LogP contribution in [0.1, 0.15) is 26.2 Å². The summed E-state index contributed by atoms with van der Waals surface area (Å²) in [6.45, 7) is 2.85. The van der Waals surface area contributed by atoms with Crippen molar-refractivity contribution in [2.45, 2.75) is 32.2 Å². The molecule has 0 atom stereocenters. The van der Waals surface area contributed by atoms with Gasteiger partial charge in [0.2, 0.25) is 0 Å². The number of thiocarbonyl (C=S) groups is 1. The van der Waals surface area contributed by atoms with Crippen molar-refractivity contribution in [2.24, 2.45) is 0 Å². The maximum absolute atomic E-state index is 5.51. The lowest BCUT2D eigenvalue weighted by atomic mass is 10.3. The molecule has 1 fully saturated rings. The van der Waals surface area contributed by atoms with Crippen molar-refractivity contribution in [3.8, 4) is 5.75 Å². The molecule has 0 amide bonds. The molecule has 0 bridgehead atoms. The molecule has 1 saturated carbocycles. The number of hydrogen-bond donors (Lipinski definition) is 2. The second-order valence-corrected chi connectivity index (χ2v) is 4.65. The molecule has 2 N–H and O–H groups in total. The van der Waals surface area contributed by atoms with E-state index >= 15 is 0 Å². The summed E-state index contributed by atoms with van der Waals surface area (Å²) in [6, 6.07) is 8.45. The monoisotopic (exact) mass is 250 g/mol. The van der Waals surface area contributed by atoms with Crippen LogP contribution in [0.2, 0.25) is 0 Å². The second kappa shape index (κ2) is 5.87. The van der Waals surface area contributed by atoms with E-state index in [1.807, 2.05) is 24.3 Å². The highest BCUT2D eigenvalue weighted by Crippen LogP contribution is 2.19. The van der Waals surface area contributed by atoms with Crippen LogP contribution in [-0.4, -0.2) is 17.8 Å². The predicted octanol–water partition coefficient (Wildman–Crippen LogP) is 2.92. The van der Waals surface area contributed by atoms with E-state index in [0.717, 1.165) is 24.5 Å². The van der Waals surface area contributed by atoms with Crippen molar-refractivity contribution >= 4 is 23.0 Å². The topological polar surface area (TPSA) is 33.3 Å². The average Bonchev–Trinajstić information content (AvgIpc) is 3.12. The van der Waals surface area contributed by atoms with Crippen LogP contribution in [0.15, 0.2) is 24.3 Å². The molecule has 4 heteroatoms. The van der Waals surface area contributed by atoms with Crippen LogP contribution in [0, 0.1) is 0 Å². The highest BCUT2D eigenvalue weighted by Gasteiger charge is 2.21. The lowest BCUT2D eigenvalue weighted by Gasteiger charge is -2.10. The smallest absolute Gasteiger partial charge is 0.170 e. The maximum Gasteiger partial charge on any atom is 0.170 e. The molecular formula is C13H18N2OS. The van der Waals surface area contributed by atoms with E-state index in [2.05, 4.69) is 17.6 Å². The molecule has 1 aliphatic rings. The van der Waals surface area contributed by atoms with Crippen LogP contribution in [0.4, 0.5) is 5.69 Å². The van der Waals surface area contributed by atoms with Crippen LogP contribution in [0.5, 0.6) is 5.75 Å². The number of hydrogen-bond acceptors (Lipinski definition) is 2. The summed E-state index contributed by atoms with van der Waals surface area (Å²) < 4.78 is 5.51. The molecule has 1 aromatic rings. The molecule has 0 aliphatic heterocycles. The van der Waals surface area contributed by atoms with Gasteiger partial charge >= 0.3 is 0 Å². The first-order valence-corrected chi connectivity index (χ1v) is 6.49. The Kier molecular flexibility index (Phi) is 4.20. The second-order valence-electron chi connectivity index (χ2n) is 4.25. The molecular weight excluding hydrogens is 232 g/mol. The largest absolute Gasteiger partial charge is 0.494 e. The zero-order chi connectivity index (χ0) is 12.1. The summed E-state index contributed by atoms with van der Waals surface area (Å²) >= 11 is 5.20. The van der Waals surface area contributed by atoms with Crippen molar-refractivity contribution in [3.05, 3.63) is 24.3 Å². The molecule has 3 nitrogen and oxygen atoms in total. The van der Waals surface area contributed by atoms with E-state index < -0.39 is 0 Å². The van der Waals surface area contributed by atoms with Gasteiger partial charge in [0.15, 0.2) is 5.11 Å². The van der Waals surface area contributed by atoms with E-state index in [1.54, 1.807) is 0 Å². The molecule has 0 radical (unpaired) electrons. The van der Waals surface area contributed by atoms with Gasteiger partial charge in [0.05, 0.1) is 6.61 Å². The number of anilines is 1. The van der Waals surface area contributed by atoms with Gasteiger partial charge in [-0.3, -0.25) is 0 Å². The van der Waals surface area contributed by atoms with Gasteiger partial charge in [-0.15, -0.1) is 0 Å². The Labute approximate surface area is 108 Å². The van der Waals surface area contributed by atoms with E-state index in [-0.39, 0.29) is 0 Å². The van der Waals surface area contributed by atoms with Crippen molar-refractivity contribution in [1.82, 2.24) is 5.32 Å². The molecule has 0 unspecified atom stereocenters. The Hall–Kier alpha value is -1.29. The summed E-state index contributed by atoms with van der Waals surface area (Å²) in [6.07, 6.45) is 3.48. The zero-order valence-electron chi connectivity index (χ0n) is 10.0. The molecule has 92 valence electrons. The first-order chi connectivity index (χ1) is 8.28. The highest BCUT2D eigenvalue weighted by molar-refractivity contribution is 7.80. The zero-order valence-corrected chi connectivity index (χ0v) is 10.8. The fraction of sp³-hybridized carbons (Fsp3) is 0.462. The van der Waals surface area contributed by atoms with E-state index in [1.165, 1.54) is 12.8 Å². The van der Waals surface area contributed by atoms with Crippen LogP contribution in [-0.2, 0) is 0 Å². The van der Waals surface area contributed by atoms with E-state index in [4.69, 9.17) is 17.0 Å². The van der Waals surface area contributed by atoms with Crippen molar-refractivity contribution in [3.63, 3.8) is 0 Å². The van der Waals surface area contributed by atoms with Crippen molar-refractivity contribution in [1.29, 1.82) is 0 Å². The molecule has 1 aromatic carbocycles. The number of nitrogens with one attached hydrogen (secondary N) is 2. The van der Waals surface area contributed by atoms with E-state index in [9.17, 15) is 0 Å². The summed E-state index contributed by atoms with van der Waals surface area (Å²) in [5.74, 6) is 0.901. The first-order valence-electron chi connectivity index (χ1n) is 6.08. The summed E-state index contributed by atoms with van der Waals surface area (Å²) in [7, 11) is 0. The minimum absolute atomic E-state index is 0.585. The Morgan fingerprint density at radius 1 is 1.35 bits per heavy atom.